The first-order chi connectivity index (χ1) is 11.3. The molecule has 1 aliphatic heterocycles. The molecular formula is C19H29NO4. The quantitative estimate of drug-likeness (QED) is 0.775. The summed E-state index contributed by atoms with van der Waals surface area (Å²) in [6.45, 7) is 10.7. The highest BCUT2D eigenvalue weighted by atomic mass is 16.6. The number of morpholine rings is 1. The molecule has 24 heavy (non-hydrogen) atoms. The summed E-state index contributed by atoms with van der Waals surface area (Å²) in [5.41, 5.74) is 0.864. The van der Waals surface area contributed by atoms with Gasteiger partial charge in [-0.15, -0.1) is 0 Å². The predicted octanol–water partition coefficient (Wildman–Crippen LogP) is 2.81. The average Bonchev–Trinajstić information content (AvgIpc) is 2.56. The van der Waals surface area contributed by atoms with E-state index in [1.54, 1.807) is 0 Å². The van der Waals surface area contributed by atoms with E-state index in [0.29, 0.717) is 6.61 Å². The summed E-state index contributed by atoms with van der Waals surface area (Å²) in [4.78, 5) is 14.8. The van der Waals surface area contributed by atoms with Gasteiger partial charge >= 0.3 is 5.97 Å². The van der Waals surface area contributed by atoms with Crippen LogP contribution in [0.1, 0.15) is 39.4 Å². The minimum absolute atomic E-state index is 0.0743. The largest absolute Gasteiger partial charge is 0.458 e. The van der Waals surface area contributed by atoms with E-state index in [2.05, 4.69) is 25.7 Å². The van der Waals surface area contributed by atoms with Gasteiger partial charge in [-0.1, -0.05) is 30.3 Å². The smallest absolute Gasteiger partial charge is 0.340 e. The molecule has 0 radical (unpaired) electrons. The van der Waals surface area contributed by atoms with Crippen LogP contribution < -0.4 is 0 Å². The molecule has 0 bridgehead atoms. The van der Waals surface area contributed by atoms with Crippen molar-refractivity contribution < 1.29 is 19.0 Å². The monoisotopic (exact) mass is 335 g/mol. The Morgan fingerprint density at radius 1 is 1.29 bits per heavy atom. The Kier molecular flexibility index (Phi) is 6.38. The second-order valence-corrected chi connectivity index (χ2v) is 7.19. The number of hydrogen-bond acceptors (Lipinski definition) is 5. The van der Waals surface area contributed by atoms with E-state index in [9.17, 15) is 4.79 Å². The van der Waals surface area contributed by atoms with Crippen molar-refractivity contribution in [3.8, 4) is 0 Å². The van der Waals surface area contributed by atoms with Crippen molar-refractivity contribution >= 4 is 5.97 Å². The molecule has 1 fully saturated rings. The minimum atomic E-state index is -0.712. The molecule has 0 aliphatic carbocycles. The molecule has 0 spiro atoms. The van der Waals surface area contributed by atoms with E-state index in [0.717, 1.165) is 18.7 Å². The van der Waals surface area contributed by atoms with Crippen molar-refractivity contribution in [3.05, 3.63) is 35.9 Å². The van der Waals surface area contributed by atoms with Crippen molar-refractivity contribution in [2.45, 2.75) is 51.5 Å². The average molecular weight is 335 g/mol. The van der Waals surface area contributed by atoms with Crippen molar-refractivity contribution in [2.75, 3.05) is 26.8 Å². The fraction of sp³-hybridized carbons (Fsp3) is 0.632. The fourth-order valence-electron chi connectivity index (χ4n) is 2.89. The fourth-order valence-corrected chi connectivity index (χ4v) is 2.89. The van der Waals surface area contributed by atoms with Gasteiger partial charge in [0.25, 0.3) is 0 Å². The lowest BCUT2D eigenvalue weighted by Crippen LogP contribution is -2.54. The summed E-state index contributed by atoms with van der Waals surface area (Å²) in [6.07, 6.45) is -1.17. The maximum atomic E-state index is 12.5. The van der Waals surface area contributed by atoms with Gasteiger partial charge in [-0.2, -0.15) is 0 Å². The molecule has 0 N–H and O–H groups in total. The van der Waals surface area contributed by atoms with Crippen molar-refractivity contribution in [3.63, 3.8) is 0 Å². The van der Waals surface area contributed by atoms with Crippen LogP contribution in [0, 0.1) is 0 Å². The van der Waals surface area contributed by atoms with E-state index in [1.165, 1.54) is 7.11 Å². The molecule has 134 valence electrons. The van der Waals surface area contributed by atoms with Gasteiger partial charge in [0.2, 0.25) is 0 Å². The van der Waals surface area contributed by atoms with Gasteiger partial charge in [0.15, 0.2) is 6.10 Å². The molecule has 0 saturated carbocycles. The molecule has 5 heteroatoms. The number of nitrogens with zero attached hydrogens (tertiary/aromatic N) is 1. The van der Waals surface area contributed by atoms with Crippen LogP contribution in [-0.2, 0) is 19.0 Å². The normalized spacial score (nSPS) is 22.0. The summed E-state index contributed by atoms with van der Waals surface area (Å²) < 4.78 is 16.8. The number of methoxy groups -OCH3 is 1. The van der Waals surface area contributed by atoms with Crippen molar-refractivity contribution in [2.24, 2.45) is 0 Å². The van der Waals surface area contributed by atoms with E-state index in [-0.39, 0.29) is 23.7 Å². The zero-order valence-electron chi connectivity index (χ0n) is 15.3. The molecule has 2 rings (SSSR count). The SMILES string of the molecule is CO[C@@H](C(=O)O[C@@H](C)[C@@H]1CN(C(C)(C)C)CCO1)c1ccccc1. The van der Waals surface area contributed by atoms with Gasteiger partial charge in [0.05, 0.1) is 6.61 Å². The zero-order valence-corrected chi connectivity index (χ0v) is 15.3. The number of rotatable bonds is 5. The molecule has 0 aromatic heterocycles. The Morgan fingerprint density at radius 2 is 1.96 bits per heavy atom. The van der Waals surface area contributed by atoms with E-state index in [1.807, 2.05) is 37.3 Å². The molecule has 5 nitrogen and oxygen atoms in total. The predicted molar refractivity (Wildman–Crippen MR) is 92.8 cm³/mol. The van der Waals surface area contributed by atoms with Crippen LogP contribution in [0.15, 0.2) is 30.3 Å². The number of benzene rings is 1. The molecule has 1 aliphatic rings. The van der Waals surface area contributed by atoms with Crippen LogP contribution >= 0.6 is 0 Å². The van der Waals surface area contributed by atoms with Crippen molar-refractivity contribution in [1.82, 2.24) is 4.90 Å². The van der Waals surface area contributed by atoms with Crippen LogP contribution in [0.3, 0.4) is 0 Å². The Hall–Kier alpha value is -1.43. The summed E-state index contributed by atoms with van der Waals surface area (Å²) in [5.74, 6) is -0.382. The lowest BCUT2D eigenvalue weighted by molar-refractivity contribution is -0.174. The van der Waals surface area contributed by atoms with Crippen LogP contribution in [0.4, 0.5) is 0 Å². The van der Waals surface area contributed by atoms with Gasteiger partial charge < -0.3 is 14.2 Å². The van der Waals surface area contributed by atoms with Crippen molar-refractivity contribution in [1.29, 1.82) is 0 Å². The van der Waals surface area contributed by atoms with Gasteiger partial charge in [-0.25, -0.2) is 4.79 Å². The maximum Gasteiger partial charge on any atom is 0.340 e. The lowest BCUT2D eigenvalue weighted by atomic mass is 10.0. The molecule has 1 heterocycles. The molecule has 1 aromatic carbocycles. The van der Waals surface area contributed by atoms with E-state index >= 15 is 0 Å². The first-order valence-electron chi connectivity index (χ1n) is 8.48. The van der Waals surface area contributed by atoms with Gasteiger partial charge in [0.1, 0.15) is 12.2 Å². The Labute approximate surface area is 144 Å². The van der Waals surface area contributed by atoms with Crippen LogP contribution in [0.5, 0.6) is 0 Å². The third-order valence-electron chi connectivity index (χ3n) is 4.42. The molecule has 3 atom stereocenters. The molecule has 1 aromatic rings. The van der Waals surface area contributed by atoms with Gasteiger partial charge in [0, 0.05) is 25.7 Å². The van der Waals surface area contributed by atoms with Crippen LogP contribution in [0.25, 0.3) is 0 Å². The minimum Gasteiger partial charge on any atom is -0.458 e. The highest BCUT2D eigenvalue weighted by Crippen LogP contribution is 2.23. The maximum absolute atomic E-state index is 12.5. The number of hydrogen-bond donors (Lipinski definition) is 0. The highest BCUT2D eigenvalue weighted by Gasteiger charge is 2.34. The van der Waals surface area contributed by atoms with E-state index < -0.39 is 6.10 Å². The molecule has 0 unspecified atom stereocenters. The zero-order chi connectivity index (χ0) is 17.7. The first-order valence-corrected chi connectivity index (χ1v) is 8.48. The topological polar surface area (TPSA) is 48.0 Å². The third kappa shape index (κ3) is 4.79. The summed E-state index contributed by atoms with van der Waals surface area (Å²) in [5, 5.41) is 0. The van der Waals surface area contributed by atoms with Crippen LogP contribution in [0.2, 0.25) is 0 Å². The number of carbonyl (C=O) groups is 1. The first kappa shape index (κ1) is 18.9. The second kappa shape index (κ2) is 8.10. The van der Waals surface area contributed by atoms with Crippen LogP contribution in [-0.4, -0.2) is 55.4 Å². The van der Waals surface area contributed by atoms with Gasteiger partial charge in [-0.3, -0.25) is 4.90 Å². The number of ether oxygens (including phenoxy) is 3. The third-order valence-corrected chi connectivity index (χ3v) is 4.42. The Bertz CT molecular complexity index is 526. The second-order valence-electron chi connectivity index (χ2n) is 7.19. The van der Waals surface area contributed by atoms with E-state index in [4.69, 9.17) is 14.2 Å². The summed E-state index contributed by atoms with van der Waals surface area (Å²) >= 11 is 0. The number of esters is 1. The molecule has 1 saturated heterocycles. The van der Waals surface area contributed by atoms with Gasteiger partial charge in [-0.05, 0) is 33.3 Å². The summed E-state index contributed by atoms with van der Waals surface area (Å²) in [7, 11) is 1.52. The highest BCUT2D eigenvalue weighted by molar-refractivity contribution is 5.76. The summed E-state index contributed by atoms with van der Waals surface area (Å²) in [6, 6.07) is 9.38. The lowest BCUT2D eigenvalue weighted by Gasteiger charge is -2.42. The molecule has 0 amide bonds. The Balaban J connectivity index is 1.97. The standard InChI is InChI=1S/C19H29NO4/c1-14(16-13-20(11-12-23-16)19(2,3)4)24-18(21)17(22-5)15-9-7-6-8-10-15/h6-10,14,16-17H,11-13H2,1-5H3/t14-,16-,17+/m0/s1. The number of carbonyl (C=O) groups excluding carboxylic acids is 1. The molecular weight excluding hydrogens is 306 g/mol. The Morgan fingerprint density at radius 3 is 2.54 bits per heavy atom.